The largest absolute Gasteiger partial charge is 0.494 e. The molecule has 5 nitrogen and oxygen atoms in total. The Labute approximate surface area is 138 Å². The molecule has 1 aromatic carbocycles. The summed E-state index contributed by atoms with van der Waals surface area (Å²) in [5.41, 5.74) is 0.617. The summed E-state index contributed by atoms with van der Waals surface area (Å²) >= 11 is 0. The molecule has 0 aliphatic rings. The van der Waals surface area contributed by atoms with E-state index >= 15 is 0 Å². The Morgan fingerprint density at radius 3 is 2.39 bits per heavy atom. The number of carboxylic acids is 1. The number of ketones is 1. The van der Waals surface area contributed by atoms with Crippen LogP contribution >= 0.6 is 0 Å². The first-order valence-corrected chi connectivity index (χ1v) is 8.21. The van der Waals surface area contributed by atoms with Gasteiger partial charge in [-0.05, 0) is 36.6 Å². The molecule has 1 rings (SSSR count). The zero-order valence-electron chi connectivity index (χ0n) is 14.2. The minimum absolute atomic E-state index is 0.00664. The molecule has 0 amide bonds. The molecule has 2 N–H and O–H groups in total. The molecule has 0 saturated carbocycles. The minimum atomic E-state index is -0.871. The zero-order chi connectivity index (χ0) is 17.2. The van der Waals surface area contributed by atoms with Crippen molar-refractivity contribution in [2.75, 3.05) is 13.2 Å². The number of ether oxygens (including phenoxy) is 1. The van der Waals surface area contributed by atoms with Crippen LogP contribution in [0.25, 0.3) is 0 Å². The van der Waals surface area contributed by atoms with Crippen LogP contribution in [0.4, 0.5) is 0 Å². The molecule has 0 bridgehead atoms. The van der Waals surface area contributed by atoms with Gasteiger partial charge in [-0.25, -0.2) is 0 Å². The molecular formula is C18H27NO4. The van der Waals surface area contributed by atoms with E-state index in [0.29, 0.717) is 18.7 Å². The number of Topliss-reactive ketones (excluding diaryl/α,β-unsaturated/α-hetero) is 1. The summed E-state index contributed by atoms with van der Waals surface area (Å²) in [4.78, 5) is 23.3. The fourth-order valence-corrected chi connectivity index (χ4v) is 2.21. The molecule has 0 spiro atoms. The van der Waals surface area contributed by atoms with Gasteiger partial charge in [-0.1, -0.05) is 27.2 Å². The summed E-state index contributed by atoms with van der Waals surface area (Å²) in [5, 5.41) is 12.2. The van der Waals surface area contributed by atoms with E-state index in [1.54, 1.807) is 24.3 Å². The smallest absolute Gasteiger partial charge is 0.320 e. The van der Waals surface area contributed by atoms with Crippen molar-refractivity contribution in [2.24, 2.45) is 5.92 Å². The van der Waals surface area contributed by atoms with Crippen molar-refractivity contribution < 1.29 is 19.4 Å². The second kappa shape index (κ2) is 10.0. The first-order chi connectivity index (χ1) is 11.0. The lowest BCUT2D eigenvalue weighted by Crippen LogP contribution is -2.42. The van der Waals surface area contributed by atoms with Gasteiger partial charge in [0.05, 0.1) is 6.61 Å². The number of carbonyl (C=O) groups is 2. The Hall–Kier alpha value is -1.88. The SMILES string of the molecule is CCCOc1ccc(C(=O)CCN[C@@H](C(=O)O)C(C)CC)cc1. The van der Waals surface area contributed by atoms with Crippen LogP contribution in [0.15, 0.2) is 24.3 Å². The summed E-state index contributed by atoms with van der Waals surface area (Å²) in [7, 11) is 0. The summed E-state index contributed by atoms with van der Waals surface area (Å²) < 4.78 is 5.48. The van der Waals surface area contributed by atoms with Crippen LogP contribution in [0.3, 0.4) is 0 Å². The van der Waals surface area contributed by atoms with E-state index in [0.717, 1.165) is 18.6 Å². The Balaban J connectivity index is 2.48. The third-order valence-electron chi connectivity index (χ3n) is 3.84. The predicted molar refractivity (Wildman–Crippen MR) is 90.1 cm³/mol. The van der Waals surface area contributed by atoms with Gasteiger partial charge in [0, 0.05) is 18.5 Å². The number of nitrogens with one attached hydrogen (secondary N) is 1. The van der Waals surface area contributed by atoms with Crippen LogP contribution in [-0.4, -0.2) is 36.1 Å². The third kappa shape index (κ3) is 6.40. The summed E-state index contributed by atoms with van der Waals surface area (Å²) in [5.74, 6) is -0.0982. The maximum Gasteiger partial charge on any atom is 0.320 e. The average Bonchev–Trinajstić information content (AvgIpc) is 2.56. The fourth-order valence-electron chi connectivity index (χ4n) is 2.21. The second-order valence-electron chi connectivity index (χ2n) is 5.70. The highest BCUT2D eigenvalue weighted by Crippen LogP contribution is 2.14. The molecule has 5 heteroatoms. The molecule has 128 valence electrons. The third-order valence-corrected chi connectivity index (χ3v) is 3.84. The van der Waals surface area contributed by atoms with Gasteiger partial charge in [-0.2, -0.15) is 0 Å². The molecule has 0 aromatic heterocycles. The number of hydrogen-bond acceptors (Lipinski definition) is 4. The number of carbonyl (C=O) groups excluding carboxylic acids is 1. The van der Waals surface area contributed by atoms with Crippen LogP contribution < -0.4 is 10.1 Å². The number of benzene rings is 1. The van der Waals surface area contributed by atoms with Gasteiger partial charge in [0.25, 0.3) is 0 Å². The number of carboxylic acid groups (broad SMARTS) is 1. The molecule has 23 heavy (non-hydrogen) atoms. The van der Waals surface area contributed by atoms with Crippen LogP contribution in [0, 0.1) is 5.92 Å². The lowest BCUT2D eigenvalue weighted by atomic mass is 9.99. The maximum atomic E-state index is 12.1. The molecule has 0 aliphatic heterocycles. The van der Waals surface area contributed by atoms with Gasteiger partial charge in [0.15, 0.2) is 5.78 Å². The van der Waals surface area contributed by atoms with Gasteiger partial charge < -0.3 is 15.2 Å². The van der Waals surface area contributed by atoms with Crippen molar-refractivity contribution in [3.05, 3.63) is 29.8 Å². The fraction of sp³-hybridized carbons (Fsp3) is 0.556. The second-order valence-corrected chi connectivity index (χ2v) is 5.70. The van der Waals surface area contributed by atoms with Crippen molar-refractivity contribution in [1.82, 2.24) is 5.32 Å². The van der Waals surface area contributed by atoms with E-state index in [1.165, 1.54) is 0 Å². The Kier molecular flexibility index (Phi) is 8.33. The molecule has 0 fully saturated rings. The Morgan fingerprint density at radius 1 is 1.22 bits per heavy atom. The first kappa shape index (κ1) is 19.2. The Morgan fingerprint density at radius 2 is 1.87 bits per heavy atom. The normalized spacial score (nSPS) is 13.3. The predicted octanol–water partition coefficient (Wildman–Crippen LogP) is 3.14. The van der Waals surface area contributed by atoms with E-state index < -0.39 is 12.0 Å². The number of aliphatic carboxylic acids is 1. The van der Waals surface area contributed by atoms with Crippen LogP contribution in [0.1, 0.15) is 50.4 Å². The van der Waals surface area contributed by atoms with Crippen LogP contribution in [-0.2, 0) is 4.79 Å². The van der Waals surface area contributed by atoms with Crippen molar-refractivity contribution in [1.29, 1.82) is 0 Å². The highest BCUT2D eigenvalue weighted by atomic mass is 16.5. The van der Waals surface area contributed by atoms with Gasteiger partial charge >= 0.3 is 5.97 Å². The van der Waals surface area contributed by atoms with E-state index in [4.69, 9.17) is 4.74 Å². The van der Waals surface area contributed by atoms with Crippen molar-refractivity contribution in [3.8, 4) is 5.75 Å². The highest BCUT2D eigenvalue weighted by Gasteiger charge is 2.22. The van der Waals surface area contributed by atoms with Gasteiger partial charge in [-0.3, -0.25) is 9.59 Å². The lowest BCUT2D eigenvalue weighted by molar-refractivity contribution is -0.140. The topological polar surface area (TPSA) is 75.6 Å². The first-order valence-electron chi connectivity index (χ1n) is 8.21. The molecular weight excluding hydrogens is 294 g/mol. The van der Waals surface area contributed by atoms with Crippen LogP contribution in [0.5, 0.6) is 5.75 Å². The molecule has 0 radical (unpaired) electrons. The number of rotatable bonds is 11. The average molecular weight is 321 g/mol. The quantitative estimate of drug-likeness (QED) is 0.612. The van der Waals surface area contributed by atoms with Gasteiger partial charge in [0.2, 0.25) is 0 Å². The zero-order valence-corrected chi connectivity index (χ0v) is 14.2. The summed E-state index contributed by atoms with van der Waals surface area (Å²) in [6.45, 7) is 6.89. The summed E-state index contributed by atoms with van der Waals surface area (Å²) in [6, 6.07) is 6.45. The maximum absolute atomic E-state index is 12.1. The molecule has 0 aliphatic carbocycles. The van der Waals surface area contributed by atoms with E-state index in [-0.39, 0.29) is 18.1 Å². The standard InChI is InChI=1S/C18H27NO4/c1-4-12-23-15-8-6-14(7-9-15)16(20)10-11-19-17(18(21)22)13(3)5-2/h6-9,13,17,19H,4-5,10-12H2,1-3H3,(H,21,22)/t13?,17-/m1/s1. The van der Waals surface area contributed by atoms with Gasteiger partial charge in [0.1, 0.15) is 11.8 Å². The highest BCUT2D eigenvalue weighted by molar-refractivity contribution is 5.96. The van der Waals surface area contributed by atoms with Crippen molar-refractivity contribution in [3.63, 3.8) is 0 Å². The molecule has 2 atom stereocenters. The Bertz CT molecular complexity index is 498. The molecule has 1 aromatic rings. The van der Waals surface area contributed by atoms with Crippen LogP contribution in [0.2, 0.25) is 0 Å². The monoisotopic (exact) mass is 321 g/mol. The van der Waals surface area contributed by atoms with Gasteiger partial charge in [-0.15, -0.1) is 0 Å². The van der Waals surface area contributed by atoms with E-state index in [2.05, 4.69) is 5.32 Å². The molecule has 1 unspecified atom stereocenters. The van der Waals surface area contributed by atoms with E-state index in [1.807, 2.05) is 20.8 Å². The summed E-state index contributed by atoms with van der Waals surface area (Å²) in [6.07, 6.45) is 1.99. The number of hydrogen-bond donors (Lipinski definition) is 2. The molecule has 0 heterocycles. The minimum Gasteiger partial charge on any atom is -0.494 e. The van der Waals surface area contributed by atoms with Crippen molar-refractivity contribution >= 4 is 11.8 Å². The lowest BCUT2D eigenvalue weighted by Gasteiger charge is -2.19. The van der Waals surface area contributed by atoms with Crippen molar-refractivity contribution in [2.45, 2.75) is 46.1 Å². The molecule has 0 saturated heterocycles. The van der Waals surface area contributed by atoms with E-state index in [9.17, 15) is 14.7 Å².